The molecule has 0 aliphatic carbocycles. The maximum Gasteiger partial charge on any atom is 0.227 e. The van der Waals surface area contributed by atoms with Crippen LogP contribution in [0.1, 0.15) is 12.6 Å². The molecule has 2 rings (SSSR count). The van der Waals surface area contributed by atoms with Crippen molar-refractivity contribution in [1.29, 1.82) is 0 Å². The third-order valence-corrected chi connectivity index (χ3v) is 3.92. The number of amides is 1. The number of aromatic nitrogens is 1. The predicted molar refractivity (Wildman–Crippen MR) is 82.1 cm³/mol. The van der Waals surface area contributed by atoms with Gasteiger partial charge in [-0.05, 0) is 12.1 Å². The lowest BCUT2D eigenvalue weighted by Crippen LogP contribution is -2.50. The fraction of sp³-hybridized carbons (Fsp3) is 0.600. The van der Waals surface area contributed by atoms with Crippen molar-refractivity contribution in [3.05, 3.63) is 29.0 Å². The van der Waals surface area contributed by atoms with Crippen LogP contribution >= 0.6 is 11.6 Å². The second kappa shape index (κ2) is 7.73. The third kappa shape index (κ3) is 4.66. The van der Waals surface area contributed by atoms with Crippen LogP contribution < -0.4 is 0 Å². The molecule has 21 heavy (non-hydrogen) atoms. The van der Waals surface area contributed by atoms with Crippen molar-refractivity contribution >= 4 is 17.5 Å². The molecule has 1 amide bonds. The van der Waals surface area contributed by atoms with Crippen molar-refractivity contribution in [3.63, 3.8) is 0 Å². The maximum absolute atomic E-state index is 12.2. The molecule has 2 heterocycles. The number of ether oxygens (including phenoxy) is 1. The van der Waals surface area contributed by atoms with Crippen LogP contribution in [0, 0.1) is 5.92 Å². The quantitative estimate of drug-likeness (QED) is 0.830. The SMILES string of the molecule is COC[C@H](C)C(=O)N1CCN(Cc2ccc(Cl)cn2)CC1. The number of halogens is 1. The van der Waals surface area contributed by atoms with E-state index in [2.05, 4.69) is 9.88 Å². The summed E-state index contributed by atoms with van der Waals surface area (Å²) in [4.78, 5) is 20.7. The van der Waals surface area contributed by atoms with Gasteiger partial charge in [0.25, 0.3) is 0 Å². The lowest BCUT2D eigenvalue weighted by molar-refractivity contribution is -0.138. The zero-order chi connectivity index (χ0) is 15.2. The molecule has 0 bridgehead atoms. The first-order valence-corrected chi connectivity index (χ1v) is 7.58. The van der Waals surface area contributed by atoms with Crippen LogP contribution in [0.4, 0.5) is 0 Å². The topological polar surface area (TPSA) is 45.7 Å². The molecule has 0 radical (unpaired) electrons. The number of methoxy groups -OCH3 is 1. The normalized spacial score (nSPS) is 17.8. The van der Waals surface area contributed by atoms with Gasteiger partial charge in [0.2, 0.25) is 5.91 Å². The molecule has 1 atom stereocenters. The summed E-state index contributed by atoms with van der Waals surface area (Å²) in [5.74, 6) is 0.112. The van der Waals surface area contributed by atoms with Gasteiger partial charge in [0.15, 0.2) is 0 Å². The largest absolute Gasteiger partial charge is 0.384 e. The van der Waals surface area contributed by atoms with Gasteiger partial charge in [-0.1, -0.05) is 18.5 Å². The van der Waals surface area contributed by atoms with E-state index in [1.54, 1.807) is 13.3 Å². The Morgan fingerprint density at radius 1 is 1.38 bits per heavy atom. The minimum absolute atomic E-state index is 0.0699. The van der Waals surface area contributed by atoms with Gasteiger partial charge >= 0.3 is 0 Å². The summed E-state index contributed by atoms with van der Waals surface area (Å²) < 4.78 is 5.05. The highest BCUT2D eigenvalue weighted by Crippen LogP contribution is 2.12. The van der Waals surface area contributed by atoms with Gasteiger partial charge < -0.3 is 9.64 Å². The number of piperazine rings is 1. The van der Waals surface area contributed by atoms with Gasteiger partial charge in [-0.15, -0.1) is 0 Å². The van der Waals surface area contributed by atoms with Crippen molar-refractivity contribution in [1.82, 2.24) is 14.8 Å². The fourth-order valence-electron chi connectivity index (χ4n) is 2.49. The first kappa shape index (κ1) is 16.2. The van der Waals surface area contributed by atoms with E-state index in [0.29, 0.717) is 11.6 Å². The molecular formula is C15H22ClN3O2. The number of carbonyl (C=O) groups excluding carboxylic acids is 1. The molecule has 1 aromatic heterocycles. The first-order chi connectivity index (χ1) is 10.1. The Morgan fingerprint density at radius 3 is 2.67 bits per heavy atom. The van der Waals surface area contributed by atoms with Crippen molar-refractivity contribution in [2.75, 3.05) is 39.9 Å². The lowest BCUT2D eigenvalue weighted by Gasteiger charge is -2.35. The average Bonchev–Trinajstić information content (AvgIpc) is 2.50. The summed E-state index contributed by atoms with van der Waals surface area (Å²) in [6.07, 6.45) is 1.67. The summed E-state index contributed by atoms with van der Waals surface area (Å²) in [5, 5.41) is 0.654. The highest BCUT2D eigenvalue weighted by atomic mass is 35.5. The molecule has 0 unspecified atom stereocenters. The number of nitrogens with zero attached hydrogens (tertiary/aromatic N) is 3. The van der Waals surface area contributed by atoms with Crippen molar-refractivity contribution < 1.29 is 9.53 Å². The van der Waals surface area contributed by atoms with Gasteiger partial charge in [0, 0.05) is 46.0 Å². The van der Waals surface area contributed by atoms with Crippen LogP contribution in [0.15, 0.2) is 18.3 Å². The molecule has 116 valence electrons. The molecular weight excluding hydrogens is 290 g/mol. The average molecular weight is 312 g/mol. The number of hydrogen-bond donors (Lipinski definition) is 0. The summed E-state index contributed by atoms with van der Waals surface area (Å²) >= 11 is 5.83. The first-order valence-electron chi connectivity index (χ1n) is 7.20. The smallest absolute Gasteiger partial charge is 0.227 e. The van der Waals surface area contributed by atoms with Crippen molar-refractivity contribution in [2.45, 2.75) is 13.5 Å². The van der Waals surface area contributed by atoms with Crippen LogP contribution in [0.25, 0.3) is 0 Å². The van der Waals surface area contributed by atoms with Crippen LogP contribution in [0.3, 0.4) is 0 Å². The minimum Gasteiger partial charge on any atom is -0.384 e. The Balaban J connectivity index is 1.80. The number of hydrogen-bond acceptors (Lipinski definition) is 4. The highest BCUT2D eigenvalue weighted by Gasteiger charge is 2.24. The Bertz CT molecular complexity index is 458. The molecule has 5 nitrogen and oxygen atoms in total. The Labute approximate surface area is 130 Å². The van der Waals surface area contributed by atoms with E-state index >= 15 is 0 Å². The number of carbonyl (C=O) groups is 1. The van der Waals surface area contributed by atoms with Crippen molar-refractivity contribution in [2.24, 2.45) is 5.92 Å². The third-order valence-electron chi connectivity index (χ3n) is 3.70. The summed E-state index contributed by atoms with van der Waals surface area (Å²) in [6, 6.07) is 3.80. The minimum atomic E-state index is -0.0699. The second-order valence-corrected chi connectivity index (χ2v) is 5.86. The van der Waals surface area contributed by atoms with Crippen LogP contribution in [0.2, 0.25) is 5.02 Å². The highest BCUT2D eigenvalue weighted by molar-refractivity contribution is 6.30. The Kier molecular flexibility index (Phi) is 5.96. The molecule has 1 saturated heterocycles. The Morgan fingerprint density at radius 2 is 2.10 bits per heavy atom. The molecule has 1 aliphatic heterocycles. The molecule has 0 spiro atoms. The molecule has 6 heteroatoms. The fourth-order valence-corrected chi connectivity index (χ4v) is 2.60. The standard InChI is InChI=1S/C15H22ClN3O2/c1-12(11-21-2)15(20)19-7-5-18(6-8-19)10-14-4-3-13(16)9-17-14/h3-4,9,12H,5-8,10-11H2,1-2H3/t12-/m0/s1. The van der Waals surface area contributed by atoms with Gasteiger partial charge in [-0.2, -0.15) is 0 Å². The van der Waals surface area contributed by atoms with E-state index in [1.165, 1.54) is 0 Å². The summed E-state index contributed by atoms with van der Waals surface area (Å²) in [6.45, 7) is 6.46. The van der Waals surface area contributed by atoms with Crippen LogP contribution in [-0.4, -0.2) is 60.6 Å². The van der Waals surface area contributed by atoms with Crippen molar-refractivity contribution in [3.8, 4) is 0 Å². The van der Waals surface area contributed by atoms with Gasteiger partial charge in [-0.3, -0.25) is 14.7 Å². The second-order valence-electron chi connectivity index (χ2n) is 5.43. The molecule has 0 aromatic carbocycles. The maximum atomic E-state index is 12.2. The Hall–Kier alpha value is -1.17. The van der Waals surface area contributed by atoms with E-state index in [9.17, 15) is 4.79 Å². The zero-order valence-electron chi connectivity index (χ0n) is 12.6. The van der Waals surface area contributed by atoms with E-state index in [0.717, 1.165) is 38.4 Å². The molecule has 0 saturated carbocycles. The molecule has 1 aliphatic rings. The van der Waals surface area contributed by atoms with Gasteiger partial charge in [-0.25, -0.2) is 0 Å². The lowest BCUT2D eigenvalue weighted by atomic mass is 10.1. The van der Waals surface area contributed by atoms with Gasteiger partial charge in [0.05, 0.1) is 23.2 Å². The monoisotopic (exact) mass is 311 g/mol. The zero-order valence-corrected chi connectivity index (χ0v) is 13.3. The molecule has 1 aromatic rings. The summed E-state index contributed by atoms with van der Waals surface area (Å²) in [5.41, 5.74) is 1.01. The molecule has 0 N–H and O–H groups in total. The van der Waals surface area contributed by atoms with E-state index in [4.69, 9.17) is 16.3 Å². The van der Waals surface area contributed by atoms with Crippen LogP contribution in [0.5, 0.6) is 0 Å². The number of pyridine rings is 1. The predicted octanol–water partition coefficient (Wildman–Crippen LogP) is 1.66. The summed E-state index contributed by atoms with van der Waals surface area (Å²) in [7, 11) is 1.63. The van der Waals surface area contributed by atoms with E-state index in [1.807, 2.05) is 24.0 Å². The molecule has 1 fully saturated rings. The number of rotatable bonds is 5. The van der Waals surface area contributed by atoms with Crippen LogP contribution in [-0.2, 0) is 16.1 Å². The van der Waals surface area contributed by atoms with E-state index < -0.39 is 0 Å². The van der Waals surface area contributed by atoms with Gasteiger partial charge in [0.1, 0.15) is 0 Å². The van der Waals surface area contributed by atoms with E-state index in [-0.39, 0.29) is 11.8 Å².